The smallest absolute Gasteiger partial charge is 0.291 e. The highest BCUT2D eigenvalue weighted by Crippen LogP contribution is 2.13. The molecule has 3 N–H and O–H groups in total. The second kappa shape index (κ2) is 5.89. The van der Waals surface area contributed by atoms with Crippen LogP contribution in [-0.4, -0.2) is 12.5 Å². The minimum absolute atomic E-state index is 0.261. The highest BCUT2D eigenvalue weighted by atomic mass is 16.3. The molecule has 0 saturated carbocycles. The van der Waals surface area contributed by atoms with Crippen molar-refractivity contribution in [2.24, 2.45) is 5.73 Å². The van der Waals surface area contributed by atoms with Gasteiger partial charge in [-0.3, -0.25) is 4.79 Å². The number of carbonyl (C=O) groups is 1. The summed E-state index contributed by atoms with van der Waals surface area (Å²) in [4.78, 5) is 11.9. The van der Waals surface area contributed by atoms with E-state index in [2.05, 4.69) is 17.2 Å². The molecular weight excluding hydrogens is 240 g/mol. The molecule has 0 fully saturated rings. The molecule has 1 heterocycles. The molecule has 0 aliphatic rings. The van der Waals surface area contributed by atoms with E-state index in [1.165, 1.54) is 6.26 Å². The summed E-state index contributed by atoms with van der Waals surface area (Å²) in [6.07, 6.45) is 1.50. The molecule has 96 valence electrons. The third kappa shape index (κ3) is 3.24. The van der Waals surface area contributed by atoms with Crippen LogP contribution in [0.1, 0.15) is 21.7 Å². The number of carbonyl (C=O) groups excluding carboxylic acids is 1. The zero-order valence-electron chi connectivity index (χ0n) is 10.6. The summed E-state index contributed by atoms with van der Waals surface area (Å²) < 4.78 is 5.13. The van der Waals surface area contributed by atoms with Crippen molar-refractivity contribution >= 4 is 11.6 Å². The summed E-state index contributed by atoms with van der Waals surface area (Å²) in [6, 6.07) is 8.98. The maximum absolute atomic E-state index is 11.9. The lowest BCUT2D eigenvalue weighted by atomic mass is 10.2. The molecule has 0 aliphatic heterocycles. The van der Waals surface area contributed by atoms with Crippen molar-refractivity contribution in [1.82, 2.24) is 0 Å². The maximum Gasteiger partial charge on any atom is 0.291 e. The van der Waals surface area contributed by atoms with E-state index >= 15 is 0 Å². The van der Waals surface area contributed by atoms with Crippen LogP contribution in [0.15, 0.2) is 41.0 Å². The first-order valence-electron chi connectivity index (χ1n) is 5.85. The number of nitrogens with two attached hydrogens (primary N) is 1. The van der Waals surface area contributed by atoms with Crippen LogP contribution < -0.4 is 11.1 Å². The molecule has 0 spiro atoms. The third-order valence-corrected chi connectivity index (χ3v) is 2.55. The van der Waals surface area contributed by atoms with Gasteiger partial charge in [-0.2, -0.15) is 0 Å². The summed E-state index contributed by atoms with van der Waals surface area (Å²) in [5, 5.41) is 2.76. The Kier molecular flexibility index (Phi) is 4.01. The molecule has 4 nitrogen and oxygen atoms in total. The Morgan fingerprint density at radius 1 is 1.32 bits per heavy atom. The average molecular weight is 254 g/mol. The van der Waals surface area contributed by atoms with Crippen molar-refractivity contribution in [3.8, 4) is 11.8 Å². The average Bonchev–Trinajstić information content (AvgIpc) is 2.84. The van der Waals surface area contributed by atoms with Crippen LogP contribution in [0.4, 0.5) is 5.69 Å². The van der Waals surface area contributed by atoms with Gasteiger partial charge >= 0.3 is 0 Å². The second-order valence-corrected chi connectivity index (χ2v) is 3.97. The Balaban J connectivity index is 2.08. The Morgan fingerprint density at radius 3 is 2.63 bits per heavy atom. The van der Waals surface area contributed by atoms with Crippen LogP contribution in [-0.2, 0) is 0 Å². The number of aryl methyl sites for hydroxylation is 1. The standard InChI is InChI=1S/C15H14N2O2/c1-11-8-10-19-14(11)15(18)17-13-6-4-12(5-7-13)3-2-9-16/h4-8,10H,9,16H2,1H3,(H,17,18). The molecule has 19 heavy (non-hydrogen) atoms. The summed E-state index contributed by atoms with van der Waals surface area (Å²) in [5.74, 6) is 5.75. The fraction of sp³-hybridized carbons (Fsp3) is 0.133. The first-order valence-corrected chi connectivity index (χ1v) is 5.85. The van der Waals surface area contributed by atoms with Gasteiger partial charge in [0.15, 0.2) is 5.76 Å². The first kappa shape index (κ1) is 12.9. The van der Waals surface area contributed by atoms with Crippen molar-refractivity contribution in [2.75, 3.05) is 11.9 Å². The van der Waals surface area contributed by atoms with Gasteiger partial charge in [0.05, 0.1) is 12.8 Å². The van der Waals surface area contributed by atoms with Crippen LogP contribution in [0, 0.1) is 18.8 Å². The molecule has 2 aromatic rings. The van der Waals surface area contributed by atoms with E-state index in [0.717, 1.165) is 11.1 Å². The normalized spacial score (nSPS) is 9.58. The number of benzene rings is 1. The topological polar surface area (TPSA) is 68.3 Å². The van der Waals surface area contributed by atoms with Gasteiger partial charge in [0.2, 0.25) is 0 Å². The largest absolute Gasteiger partial charge is 0.459 e. The zero-order valence-corrected chi connectivity index (χ0v) is 10.6. The van der Waals surface area contributed by atoms with Gasteiger partial charge in [-0.05, 0) is 37.3 Å². The number of rotatable bonds is 2. The summed E-state index contributed by atoms with van der Waals surface area (Å²) >= 11 is 0. The third-order valence-electron chi connectivity index (χ3n) is 2.55. The van der Waals surface area contributed by atoms with Gasteiger partial charge in [0.1, 0.15) is 0 Å². The lowest BCUT2D eigenvalue weighted by molar-refractivity contribution is 0.0996. The highest BCUT2D eigenvalue weighted by Gasteiger charge is 2.12. The van der Waals surface area contributed by atoms with Crippen LogP contribution in [0.3, 0.4) is 0 Å². The molecule has 0 aliphatic carbocycles. The van der Waals surface area contributed by atoms with E-state index in [1.54, 1.807) is 18.2 Å². The van der Waals surface area contributed by atoms with Gasteiger partial charge in [0.25, 0.3) is 5.91 Å². The SMILES string of the molecule is Cc1ccoc1C(=O)Nc1ccc(C#CCN)cc1. The minimum Gasteiger partial charge on any atom is -0.459 e. The van der Waals surface area contributed by atoms with Crippen LogP contribution in [0.25, 0.3) is 0 Å². The summed E-state index contributed by atoms with van der Waals surface area (Å²) in [6.45, 7) is 2.15. The Hall–Kier alpha value is -2.51. The van der Waals surface area contributed by atoms with Gasteiger partial charge in [-0.25, -0.2) is 0 Å². The van der Waals surface area contributed by atoms with Crippen molar-refractivity contribution in [3.63, 3.8) is 0 Å². The van der Waals surface area contributed by atoms with Crippen LogP contribution >= 0.6 is 0 Å². The van der Waals surface area contributed by atoms with E-state index in [4.69, 9.17) is 10.2 Å². The molecule has 1 amide bonds. The maximum atomic E-state index is 11.9. The monoisotopic (exact) mass is 254 g/mol. The van der Waals surface area contributed by atoms with E-state index in [-0.39, 0.29) is 5.91 Å². The first-order chi connectivity index (χ1) is 9.20. The van der Waals surface area contributed by atoms with E-state index in [1.807, 2.05) is 19.1 Å². The number of hydrogen-bond donors (Lipinski definition) is 2. The molecule has 4 heteroatoms. The predicted octanol–water partition coefficient (Wildman–Crippen LogP) is 2.15. The minimum atomic E-state index is -0.261. The number of hydrogen-bond acceptors (Lipinski definition) is 3. The zero-order chi connectivity index (χ0) is 13.7. The summed E-state index contributed by atoms with van der Waals surface area (Å²) in [7, 11) is 0. The number of furan rings is 1. The van der Waals surface area contributed by atoms with Crippen molar-refractivity contribution in [2.45, 2.75) is 6.92 Å². The molecule has 0 saturated heterocycles. The van der Waals surface area contributed by atoms with Crippen molar-refractivity contribution < 1.29 is 9.21 Å². The number of nitrogens with one attached hydrogen (secondary N) is 1. The van der Waals surface area contributed by atoms with E-state index < -0.39 is 0 Å². The Bertz CT molecular complexity index is 630. The lowest BCUT2D eigenvalue weighted by Gasteiger charge is -2.03. The molecule has 0 atom stereocenters. The van der Waals surface area contributed by atoms with Gasteiger partial charge in [-0.1, -0.05) is 11.8 Å². The molecular formula is C15H14N2O2. The number of anilines is 1. The van der Waals surface area contributed by atoms with Crippen LogP contribution in [0.2, 0.25) is 0 Å². The summed E-state index contributed by atoms with van der Waals surface area (Å²) in [5.41, 5.74) is 7.66. The molecule has 1 aromatic carbocycles. The Morgan fingerprint density at radius 2 is 2.05 bits per heavy atom. The molecule has 0 bridgehead atoms. The van der Waals surface area contributed by atoms with Gasteiger partial charge < -0.3 is 15.5 Å². The van der Waals surface area contributed by atoms with Crippen molar-refractivity contribution in [1.29, 1.82) is 0 Å². The lowest BCUT2D eigenvalue weighted by Crippen LogP contribution is -2.11. The fourth-order valence-electron chi connectivity index (χ4n) is 1.58. The van der Waals surface area contributed by atoms with E-state index in [0.29, 0.717) is 18.0 Å². The number of amides is 1. The molecule has 0 unspecified atom stereocenters. The second-order valence-electron chi connectivity index (χ2n) is 3.97. The van der Waals surface area contributed by atoms with Gasteiger partial charge in [0, 0.05) is 16.8 Å². The molecule has 2 rings (SSSR count). The molecule has 1 aromatic heterocycles. The quantitative estimate of drug-likeness (QED) is 0.807. The van der Waals surface area contributed by atoms with Gasteiger partial charge in [-0.15, -0.1) is 0 Å². The van der Waals surface area contributed by atoms with Crippen LogP contribution in [0.5, 0.6) is 0 Å². The highest BCUT2D eigenvalue weighted by molar-refractivity contribution is 6.03. The predicted molar refractivity (Wildman–Crippen MR) is 73.8 cm³/mol. The Labute approximate surface area is 111 Å². The van der Waals surface area contributed by atoms with Crippen molar-refractivity contribution in [3.05, 3.63) is 53.5 Å². The fourth-order valence-corrected chi connectivity index (χ4v) is 1.58. The molecule has 0 radical (unpaired) electrons. The van der Waals surface area contributed by atoms with E-state index in [9.17, 15) is 4.79 Å².